The van der Waals surface area contributed by atoms with E-state index >= 15 is 0 Å². The average molecular weight is 413 g/mol. The molecule has 0 radical (unpaired) electrons. The van der Waals surface area contributed by atoms with Gasteiger partial charge in [0, 0.05) is 33.8 Å². The Bertz CT molecular complexity index is 743. The molecule has 0 aromatic carbocycles. The summed E-state index contributed by atoms with van der Waals surface area (Å²) in [5, 5.41) is 0. The predicted octanol–water partition coefficient (Wildman–Crippen LogP) is 0.0544. The Morgan fingerprint density at radius 2 is 1.72 bits per heavy atom. The zero-order valence-corrected chi connectivity index (χ0v) is 16.7. The van der Waals surface area contributed by atoms with Gasteiger partial charge in [0.1, 0.15) is 18.8 Å². The Balaban J connectivity index is 2.42. The van der Waals surface area contributed by atoms with Crippen LogP contribution in [0.4, 0.5) is 0 Å². The van der Waals surface area contributed by atoms with Crippen LogP contribution in [-0.4, -0.2) is 73.9 Å². The molecule has 2 rings (SSSR count). The van der Waals surface area contributed by atoms with Gasteiger partial charge in [-0.25, -0.2) is 9.79 Å². The number of nitrogens with zero attached hydrogens (tertiary/aromatic N) is 1. The van der Waals surface area contributed by atoms with Crippen LogP contribution in [-0.2, 0) is 47.6 Å². The van der Waals surface area contributed by atoms with Crippen molar-refractivity contribution >= 4 is 29.8 Å². The minimum absolute atomic E-state index is 0.171. The van der Waals surface area contributed by atoms with Gasteiger partial charge in [0.25, 0.3) is 0 Å². The fraction of sp³-hybridized carbons (Fsp3) is 0.611. The zero-order valence-electron chi connectivity index (χ0n) is 16.7. The van der Waals surface area contributed by atoms with Crippen LogP contribution in [0.15, 0.2) is 16.8 Å². The number of esters is 4. The van der Waals surface area contributed by atoms with Crippen molar-refractivity contribution in [2.75, 3.05) is 13.7 Å². The molecule has 160 valence electrons. The largest absolute Gasteiger partial charge is 0.477 e. The van der Waals surface area contributed by atoms with Crippen molar-refractivity contribution in [1.82, 2.24) is 0 Å². The molecule has 11 nitrogen and oxygen atoms in total. The lowest BCUT2D eigenvalue weighted by Gasteiger charge is -2.37. The fourth-order valence-corrected chi connectivity index (χ4v) is 3.01. The zero-order chi connectivity index (χ0) is 21.7. The van der Waals surface area contributed by atoms with Gasteiger partial charge >= 0.3 is 23.9 Å². The first-order valence-electron chi connectivity index (χ1n) is 8.78. The van der Waals surface area contributed by atoms with E-state index in [2.05, 4.69) is 4.99 Å². The Morgan fingerprint density at radius 1 is 1.07 bits per heavy atom. The molecule has 0 fully saturated rings. The summed E-state index contributed by atoms with van der Waals surface area (Å²) in [6.07, 6.45) is -2.83. The van der Waals surface area contributed by atoms with Gasteiger partial charge in [-0.1, -0.05) is 0 Å². The molecule has 0 saturated carbocycles. The highest BCUT2D eigenvalue weighted by molar-refractivity contribution is 5.87. The lowest BCUT2D eigenvalue weighted by molar-refractivity contribution is -0.187. The van der Waals surface area contributed by atoms with Crippen molar-refractivity contribution in [1.29, 1.82) is 0 Å². The molecule has 2 heterocycles. The number of aliphatic imine (C=N–C) groups is 1. The third kappa shape index (κ3) is 5.69. The van der Waals surface area contributed by atoms with Gasteiger partial charge in [-0.2, -0.15) is 0 Å². The maximum Gasteiger partial charge on any atom is 0.373 e. The third-order valence-corrected chi connectivity index (χ3v) is 4.04. The van der Waals surface area contributed by atoms with Crippen molar-refractivity contribution < 1.29 is 47.6 Å². The summed E-state index contributed by atoms with van der Waals surface area (Å²) in [5.41, 5.74) is 0. The molecule has 0 bridgehead atoms. The highest BCUT2D eigenvalue weighted by Crippen LogP contribution is 2.32. The van der Waals surface area contributed by atoms with E-state index in [0.717, 1.165) is 13.8 Å². The van der Waals surface area contributed by atoms with Crippen molar-refractivity contribution in [3.8, 4) is 0 Å². The summed E-state index contributed by atoms with van der Waals surface area (Å²) in [5.74, 6) is -2.63. The maximum absolute atomic E-state index is 12.0. The number of methoxy groups -OCH3 is 1. The summed E-state index contributed by atoms with van der Waals surface area (Å²) in [6.45, 7) is 4.70. The SMILES string of the molecule is COC(=O)C1=C[C@H]2OC(C)=N[C@H]2[C@H]([C@@H](OC(C)=O)[C@H](COC(C)=O)OC(C)=O)O1. The Morgan fingerprint density at radius 3 is 2.28 bits per heavy atom. The number of rotatable bonds is 7. The topological polar surface area (TPSA) is 136 Å². The maximum atomic E-state index is 12.0. The summed E-state index contributed by atoms with van der Waals surface area (Å²) < 4.78 is 31.5. The number of ether oxygens (including phenoxy) is 6. The molecule has 11 heteroatoms. The monoisotopic (exact) mass is 413 g/mol. The second kappa shape index (κ2) is 9.39. The number of carbonyl (C=O) groups is 4. The molecule has 0 saturated heterocycles. The first-order chi connectivity index (χ1) is 13.6. The Labute approximate surface area is 166 Å². The van der Waals surface area contributed by atoms with E-state index in [0.29, 0.717) is 5.90 Å². The summed E-state index contributed by atoms with van der Waals surface area (Å²) in [6, 6.07) is -0.705. The van der Waals surface area contributed by atoms with Crippen molar-refractivity contribution in [3.63, 3.8) is 0 Å². The van der Waals surface area contributed by atoms with Crippen molar-refractivity contribution in [2.45, 2.75) is 58.2 Å². The van der Waals surface area contributed by atoms with E-state index in [1.165, 1.54) is 20.1 Å². The van der Waals surface area contributed by atoms with Crippen molar-refractivity contribution in [3.05, 3.63) is 11.8 Å². The van der Waals surface area contributed by atoms with Crippen LogP contribution in [0, 0.1) is 0 Å². The second-order valence-corrected chi connectivity index (χ2v) is 6.35. The first kappa shape index (κ1) is 22.2. The molecule has 2 aliphatic rings. The molecular weight excluding hydrogens is 390 g/mol. The average Bonchev–Trinajstić information content (AvgIpc) is 3.01. The highest BCUT2D eigenvalue weighted by Gasteiger charge is 2.50. The van der Waals surface area contributed by atoms with Crippen LogP contribution in [0.25, 0.3) is 0 Å². The lowest BCUT2D eigenvalue weighted by atomic mass is 9.94. The summed E-state index contributed by atoms with van der Waals surface area (Å²) in [4.78, 5) is 50.9. The Hall–Kier alpha value is -3.11. The molecule has 0 aromatic heterocycles. The minimum atomic E-state index is -1.25. The number of hydrogen-bond acceptors (Lipinski definition) is 11. The number of hydrogen-bond donors (Lipinski definition) is 0. The lowest BCUT2D eigenvalue weighted by Crippen LogP contribution is -2.54. The van der Waals surface area contributed by atoms with Crippen LogP contribution in [0.2, 0.25) is 0 Å². The molecule has 0 aromatic rings. The van der Waals surface area contributed by atoms with Crippen LogP contribution in [0.1, 0.15) is 27.7 Å². The fourth-order valence-electron chi connectivity index (χ4n) is 3.01. The summed E-state index contributed by atoms with van der Waals surface area (Å²) in [7, 11) is 1.18. The molecule has 0 aliphatic carbocycles. The van der Waals surface area contributed by atoms with Gasteiger partial charge in [-0.15, -0.1) is 0 Å². The van der Waals surface area contributed by atoms with E-state index in [4.69, 9.17) is 28.4 Å². The van der Waals surface area contributed by atoms with E-state index in [9.17, 15) is 19.2 Å². The quantitative estimate of drug-likeness (QED) is 0.416. The van der Waals surface area contributed by atoms with E-state index in [1.54, 1.807) is 6.92 Å². The molecule has 5 atom stereocenters. The first-order valence-corrected chi connectivity index (χ1v) is 8.78. The Kier molecular flexibility index (Phi) is 7.18. The van der Waals surface area contributed by atoms with Gasteiger partial charge in [0.2, 0.25) is 5.76 Å². The van der Waals surface area contributed by atoms with Crippen LogP contribution in [0.5, 0.6) is 0 Å². The summed E-state index contributed by atoms with van der Waals surface area (Å²) >= 11 is 0. The second-order valence-electron chi connectivity index (χ2n) is 6.35. The number of fused-ring (bicyclic) bond motifs is 1. The standard InChI is InChI=1S/C18H23NO10/c1-8-19-15-12(26-8)6-13(18(23)24-5)29-17(15)16(28-11(4)22)14(27-10(3)21)7-25-9(2)20/h6,12,14-17H,7H2,1-5H3/t12-,14+,15-,16+,17-/m1/s1. The number of carbonyl (C=O) groups excluding carboxylic acids is 4. The smallest absolute Gasteiger partial charge is 0.373 e. The van der Waals surface area contributed by atoms with Crippen molar-refractivity contribution in [2.24, 2.45) is 4.99 Å². The molecule has 0 spiro atoms. The van der Waals surface area contributed by atoms with E-state index in [-0.39, 0.29) is 5.76 Å². The van der Waals surface area contributed by atoms with Crippen LogP contribution < -0.4 is 0 Å². The van der Waals surface area contributed by atoms with E-state index in [1.807, 2.05) is 0 Å². The van der Waals surface area contributed by atoms with Gasteiger partial charge in [-0.3, -0.25) is 14.4 Å². The van der Waals surface area contributed by atoms with Gasteiger partial charge in [0.15, 0.2) is 24.2 Å². The van der Waals surface area contributed by atoms with Crippen LogP contribution in [0.3, 0.4) is 0 Å². The molecule has 29 heavy (non-hydrogen) atoms. The highest BCUT2D eigenvalue weighted by atomic mass is 16.6. The molecule has 0 amide bonds. The van der Waals surface area contributed by atoms with Gasteiger partial charge in [-0.05, 0) is 0 Å². The molecular formula is C18H23NO10. The molecule has 0 unspecified atom stereocenters. The normalized spacial score (nSPS) is 24.4. The predicted molar refractivity (Wildman–Crippen MR) is 94.5 cm³/mol. The molecule has 2 aliphatic heterocycles. The third-order valence-electron chi connectivity index (χ3n) is 4.04. The minimum Gasteiger partial charge on any atom is -0.477 e. The molecule has 0 N–H and O–H groups in total. The van der Waals surface area contributed by atoms with Gasteiger partial charge in [0.05, 0.1) is 7.11 Å². The van der Waals surface area contributed by atoms with Crippen LogP contribution >= 0.6 is 0 Å². The van der Waals surface area contributed by atoms with Gasteiger partial charge < -0.3 is 28.4 Å². The van der Waals surface area contributed by atoms with E-state index < -0.39 is 60.9 Å².